The molecule has 17 heavy (non-hydrogen) atoms. The van der Waals surface area contributed by atoms with Gasteiger partial charge in [-0.05, 0) is 26.2 Å². The van der Waals surface area contributed by atoms with Crippen LogP contribution in [0.1, 0.15) is 5.69 Å². The average molecular weight is 237 g/mol. The number of nitrogens with zero attached hydrogens (tertiary/aromatic N) is 2. The average Bonchev–Trinajstić information content (AvgIpc) is 2.37. The van der Waals surface area contributed by atoms with Crippen molar-refractivity contribution in [1.82, 2.24) is 15.2 Å². The van der Waals surface area contributed by atoms with Crippen LogP contribution >= 0.6 is 0 Å². The summed E-state index contributed by atoms with van der Waals surface area (Å²) in [6.07, 6.45) is 2.83. The fraction of sp³-hybridized carbons (Fsp3) is 0.615. The van der Waals surface area contributed by atoms with Crippen molar-refractivity contribution in [2.45, 2.75) is 12.5 Å². The fourth-order valence-electron chi connectivity index (χ4n) is 1.75. The van der Waals surface area contributed by atoms with Gasteiger partial charge in [-0.3, -0.25) is 4.98 Å². The van der Waals surface area contributed by atoms with Crippen LogP contribution in [-0.4, -0.2) is 56.8 Å². The standard InChI is InChI=1S/C13H23N3O/c1-14-13(11-17-3)10-16(2)9-7-12-6-4-5-8-15-12/h4-6,8,13-14H,7,9-11H2,1-3H3. The number of methoxy groups -OCH3 is 1. The van der Waals surface area contributed by atoms with E-state index in [2.05, 4.69) is 28.3 Å². The third-order valence-corrected chi connectivity index (χ3v) is 2.78. The molecule has 4 nitrogen and oxygen atoms in total. The summed E-state index contributed by atoms with van der Waals surface area (Å²) < 4.78 is 5.16. The molecule has 0 aliphatic heterocycles. The molecule has 0 fully saturated rings. The number of ether oxygens (including phenoxy) is 1. The molecule has 0 aliphatic rings. The lowest BCUT2D eigenvalue weighted by Crippen LogP contribution is -2.41. The minimum Gasteiger partial charge on any atom is -0.383 e. The molecule has 1 rings (SSSR count). The van der Waals surface area contributed by atoms with Crippen LogP contribution in [0.25, 0.3) is 0 Å². The van der Waals surface area contributed by atoms with Crippen molar-refractivity contribution in [1.29, 1.82) is 0 Å². The highest BCUT2D eigenvalue weighted by Crippen LogP contribution is 1.97. The molecule has 1 heterocycles. The van der Waals surface area contributed by atoms with Crippen molar-refractivity contribution in [3.63, 3.8) is 0 Å². The normalized spacial score (nSPS) is 12.9. The zero-order valence-electron chi connectivity index (χ0n) is 11.0. The number of rotatable bonds is 8. The quantitative estimate of drug-likeness (QED) is 0.725. The molecule has 0 saturated carbocycles. The monoisotopic (exact) mass is 237 g/mol. The Hall–Kier alpha value is -0.970. The van der Waals surface area contributed by atoms with Gasteiger partial charge in [0.25, 0.3) is 0 Å². The molecule has 0 amide bonds. The first-order chi connectivity index (χ1) is 8.26. The fourth-order valence-corrected chi connectivity index (χ4v) is 1.75. The number of likely N-dealkylation sites (N-methyl/N-ethyl adjacent to an activating group) is 2. The largest absolute Gasteiger partial charge is 0.383 e. The van der Waals surface area contributed by atoms with E-state index < -0.39 is 0 Å². The summed E-state index contributed by atoms with van der Waals surface area (Å²) in [4.78, 5) is 6.62. The molecular weight excluding hydrogens is 214 g/mol. The first kappa shape index (κ1) is 14.1. The van der Waals surface area contributed by atoms with Gasteiger partial charge < -0.3 is 15.0 Å². The molecule has 1 N–H and O–H groups in total. The highest BCUT2D eigenvalue weighted by atomic mass is 16.5. The number of hydrogen-bond acceptors (Lipinski definition) is 4. The second-order valence-electron chi connectivity index (χ2n) is 4.27. The van der Waals surface area contributed by atoms with Gasteiger partial charge in [-0.1, -0.05) is 6.07 Å². The molecule has 0 radical (unpaired) electrons. The Kier molecular flexibility index (Phi) is 6.77. The van der Waals surface area contributed by atoms with Gasteiger partial charge in [0, 0.05) is 44.6 Å². The van der Waals surface area contributed by atoms with E-state index in [0.29, 0.717) is 6.04 Å². The minimum absolute atomic E-state index is 0.383. The Labute approximate surface area is 104 Å². The molecule has 1 aromatic rings. The first-order valence-electron chi connectivity index (χ1n) is 6.01. The van der Waals surface area contributed by atoms with Gasteiger partial charge in [0.15, 0.2) is 0 Å². The molecule has 96 valence electrons. The van der Waals surface area contributed by atoms with E-state index in [4.69, 9.17) is 4.74 Å². The lowest BCUT2D eigenvalue weighted by atomic mass is 10.2. The molecule has 1 unspecified atom stereocenters. The number of aromatic nitrogens is 1. The summed E-state index contributed by atoms with van der Waals surface area (Å²) >= 11 is 0. The summed E-state index contributed by atoms with van der Waals surface area (Å²) in [5.74, 6) is 0. The van der Waals surface area contributed by atoms with Crippen molar-refractivity contribution < 1.29 is 4.74 Å². The molecule has 1 aromatic heterocycles. The molecule has 0 aromatic carbocycles. The third kappa shape index (κ3) is 5.77. The van der Waals surface area contributed by atoms with E-state index in [1.165, 1.54) is 0 Å². The van der Waals surface area contributed by atoms with Gasteiger partial charge in [-0.25, -0.2) is 0 Å². The van der Waals surface area contributed by atoms with Crippen LogP contribution in [0.3, 0.4) is 0 Å². The first-order valence-corrected chi connectivity index (χ1v) is 6.01. The molecule has 0 aliphatic carbocycles. The lowest BCUT2D eigenvalue weighted by Gasteiger charge is -2.23. The minimum atomic E-state index is 0.383. The second kappa shape index (κ2) is 8.17. The highest BCUT2D eigenvalue weighted by molar-refractivity contribution is 5.03. The van der Waals surface area contributed by atoms with Gasteiger partial charge in [0.05, 0.1) is 6.61 Å². The van der Waals surface area contributed by atoms with Crippen LogP contribution in [-0.2, 0) is 11.2 Å². The van der Waals surface area contributed by atoms with Gasteiger partial charge in [0.2, 0.25) is 0 Å². The van der Waals surface area contributed by atoms with Gasteiger partial charge in [-0.2, -0.15) is 0 Å². The zero-order valence-corrected chi connectivity index (χ0v) is 11.0. The van der Waals surface area contributed by atoms with Crippen molar-refractivity contribution >= 4 is 0 Å². The Morgan fingerprint density at radius 3 is 2.88 bits per heavy atom. The molecular formula is C13H23N3O. The zero-order chi connectivity index (χ0) is 12.5. The number of hydrogen-bond donors (Lipinski definition) is 1. The Morgan fingerprint density at radius 2 is 2.29 bits per heavy atom. The van der Waals surface area contributed by atoms with E-state index in [1.807, 2.05) is 25.4 Å². The van der Waals surface area contributed by atoms with Crippen LogP contribution in [0.15, 0.2) is 24.4 Å². The smallest absolute Gasteiger partial charge is 0.0628 e. The lowest BCUT2D eigenvalue weighted by molar-refractivity contribution is 0.149. The summed E-state index contributed by atoms with van der Waals surface area (Å²) in [5.41, 5.74) is 1.15. The molecule has 0 bridgehead atoms. The predicted octanol–water partition coefficient (Wildman–Crippen LogP) is 0.790. The summed E-state index contributed by atoms with van der Waals surface area (Å²) in [5, 5.41) is 3.25. The summed E-state index contributed by atoms with van der Waals surface area (Å²) in [7, 11) is 5.83. The molecule has 4 heteroatoms. The van der Waals surface area contributed by atoms with Crippen LogP contribution in [0.2, 0.25) is 0 Å². The maximum atomic E-state index is 5.16. The van der Waals surface area contributed by atoms with Crippen LogP contribution in [0, 0.1) is 0 Å². The van der Waals surface area contributed by atoms with Crippen molar-refractivity contribution in [2.75, 3.05) is 40.9 Å². The van der Waals surface area contributed by atoms with E-state index in [-0.39, 0.29) is 0 Å². The molecule has 0 spiro atoms. The van der Waals surface area contributed by atoms with Gasteiger partial charge in [0.1, 0.15) is 0 Å². The second-order valence-corrected chi connectivity index (χ2v) is 4.27. The van der Waals surface area contributed by atoms with Gasteiger partial charge >= 0.3 is 0 Å². The van der Waals surface area contributed by atoms with E-state index >= 15 is 0 Å². The number of pyridine rings is 1. The van der Waals surface area contributed by atoms with E-state index in [9.17, 15) is 0 Å². The van der Waals surface area contributed by atoms with E-state index in [1.54, 1.807) is 7.11 Å². The van der Waals surface area contributed by atoms with Gasteiger partial charge in [-0.15, -0.1) is 0 Å². The van der Waals surface area contributed by atoms with Crippen LogP contribution in [0.4, 0.5) is 0 Å². The van der Waals surface area contributed by atoms with Crippen LogP contribution in [0.5, 0.6) is 0 Å². The predicted molar refractivity (Wildman–Crippen MR) is 70.2 cm³/mol. The molecule has 0 saturated heterocycles. The highest BCUT2D eigenvalue weighted by Gasteiger charge is 2.09. The summed E-state index contributed by atoms with van der Waals surface area (Å²) in [6, 6.07) is 6.43. The summed E-state index contributed by atoms with van der Waals surface area (Å²) in [6.45, 7) is 2.74. The topological polar surface area (TPSA) is 37.4 Å². The Morgan fingerprint density at radius 1 is 1.47 bits per heavy atom. The van der Waals surface area contributed by atoms with Crippen molar-refractivity contribution in [3.05, 3.63) is 30.1 Å². The Bertz CT molecular complexity index is 292. The maximum absolute atomic E-state index is 5.16. The number of nitrogens with one attached hydrogen (secondary N) is 1. The van der Waals surface area contributed by atoms with Crippen molar-refractivity contribution in [2.24, 2.45) is 0 Å². The SMILES string of the molecule is CNC(COC)CN(C)CCc1ccccn1. The van der Waals surface area contributed by atoms with E-state index in [0.717, 1.165) is 31.8 Å². The molecule has 1 atom stereocenters. The Balaban J connectivity index is 2.27. The third-order valence-electron chi connectivity index (χ3n) is 2.78. The van der Waals surface area contributed by atoms with Crippen molar-refractivity contribution in [3.8, 4) is 0 Å². The van der Waals surface area contributed by atoms with Crippen LogP contribution < -0.4 is 5.32 Å². The maximum Gasteiger partial charge on any atom is 0.0628 e.